The average Bonchev–Trinajstić information content (AvgIpc) is 3.03. The molecule has 2 aromatic heterocycles. The Labute approximate surface area is 146 Å². The van der Waals surface area contributed by atoms with E-state index < -0.39 is 0 Å². The normalized spacial score (nSPS) is 22.5. The number of hydrogen-bond donors (Lipinski definition) is 2. The quantitative estimate of drug-likeness (QED) is 0.691. The third kappa shape index (κ3) is 2.46. The fourth-order valence-electron chi connectivity index (χ4n) is 4.16. The summed E-state index contributed by atoms with van der Waals surface area (Å²) in [5.41, 5.74) is 2.64. The van der Waals surface area contributed by atoms with Crippen LogP contribution in [0.3, 0.4) is 0 Å². The number of aryl methyl sites for hydroxylation is 1. The van der Waals surface area contributed by atoms with E-state index in [-0.39, 0.29) is 0 Å². The molecule has 0 radical (unpaired) electrons. The zero-order chi connectivity index (χ0) is 15.9. The van der Waals surface area contributed by atoms with Crippen LogP contribution in [0.4, 0.5) is 10.8 Å². The average molecular weight is 335 g/mol. The van der Waals surface area contributed by atoms with E-state index in [1.54, 1.807) is 10.4 Å². The number of anilines is 2. The van der Waals surface area contributed by atoms with Gasteiger partial charge in [0, 0.05) is 28.8 Å². The lowest BCUT2D eigenvalue weighted by atomic mass is 9.80. The van der Waals surface area contributed by atoms with Crippen molar-refractivity contribution in [2.75, 3.05) is 17.2 Å². The molecule has 2 atom stereocenters. The van der Waals surface area contributed by atoms with Crippen LogP contribution in [0.15, 0.2) is 42.5 Å². The third-order valence-corrected chi connectivity index (χ3v) is 6.50. The molecule has 0 fully saturated rings. The van der Waals surface area contributed by atoms with Crippen molar-refractivity contribution in [3.63, 3.8) is 0 Å². The van der Waals surface area contributed by atoms with Gasteiger partial charge in [-0.1, -0.05) is 18.2 Å². The van der Waals surface area contributed by atoms with Crippen molar-refractivity contribution in [1.29, 1.82) is 0 Å². The molecule has 122 valence electrons. The van der Waals surface area contributed by atoms with Crippen LogP contribution in [-0.2, 0) is 6.42 Å². The summed E-state index contributed by atoms with van der Waals surface area (Å²) < 4.78 is 0. The topological polar surface area (TPSA) is 37.0 Å². The maximum absolute atomic E-state index is 4.82. The Kier molecular flexibility index (Phi) is 3.44. The van der Waals surface area contributed by atoms with Crippen LogP contribution in [0, 0.1) is 0 Å². The van der Waals surface area contributed by atoms with Gasteiger partial charge in [-0.05, 0) is 55.5 Å². The van der Waals surface area contributed by atoms with Gasteiger partial charge in [-0.2, -0.15) is 0 Å². The number of thiophene rings is 1. The monoisotopic (exact) mass is 335 g/mol. The molecule has 0 amide bonds. The van der Waals surface area contributed by atoms with E-state index in [0.29, 0.717) is 12.0 Å². The molecule has 0 saturated heterocycles. The summed E-state index contributed by atoms with van der Waals surface area (Å²) in [5, 5.41) is 9.90. The molecule has 5 rings (SSSR count). The lowest BCUT2D eigenvalue weighted by Crippen LogP contribution is -2.32. The molecule has 1 aromatic carbocycles. The Hall–Kier alpha value is -2.07. The van der Waals surface area contributed by atoms with E-state index in [2.05, 4.69) is 53.1 Å². The van der Waals surface area contributed by atoms with Gasteiger partial charge in [0.2, 0.25) is 0 Å². The van der Waals surface area contributed by atoms with E-state index in [4.69, 9.17) is 4.98 Å². The van der Waals surface area contributed by atoms with Crippen LogP contribution in [0.25, 0.3) is 10.9 Å². The van der Waals surface area contributed by atoms with Crippen molar-refractivity contribution in [1.82, 2.24) is 4.98 Å². The molecule has 1 aliphatic heterocycles. The number of fused-ring (bicyclic) bond motifs is 2. The van der Waals surface area contributed by atoms with Crippen molar-refractivity contribution < 1.29 is 0 Å². The lowest BCUT2D eigenvalue weighted by molar-refractivity contribution is 0.471. The number of hydrogen-bond acceptors (Lipinski definition) is 4. The minimum atomic E-state index is 0.452. The van der Waals surface area contributed by atoms with Gasteiger partial charge in [-0.3, -0.25) is 0 Å². The number of pyridine rings is 1. The smallest absolute Gasteiger partial charge is 0.126 e. The van der Waals surface area contributed by atoms with Gasteiger partial charge in [-0.25, -0.2) is 4.98 Å². The Morgan fingerprint density at radius 3 is 3.08 bits per heavy atom. The van der Waals surface area contributed by atoms with Crippen molar-refractivity contribution >= 4 is 33.1 Å². The highest BCUT2D eigenvalue weighted by Crippen LogP contribution is 2.43. The largest absolute Gasteiger partial charge is 0.377 e. The number of aromatic nitrogens is 1. The molecular weight excluding hydrogens is 314 g/mol. The first-order valence-corrected chi connectivity index (χ1v) is 9.67. The summed E-state index contributed by atoms with van der Waals surface area (Å²) in [6, 6.07) is 15.5. The maximum Gasteiger partial charge on any atom is 0.126 e. The summed E-state index contributed by atoms with van der Waals surface area (Å²) in [6.45, 7) is 1.03. The summed E-state index contributed by atoms with van der Waals surface area (Å²) >= 11 is 1.96. The summed E-state index contributed by atoms with van der Waals surface area (Å²) in [4.78, 5) is 6.41. The van der Waals surface area contributed by atoms with Crippen LogP contribution < -0.4 is 10.6 Å². The standard InChI is InChI=1S/C20H21N3S/c1-2-6-16-13(4-1)8-9-19(22-16)23-17-10-11-21-20-12-15-14(17)5-3-7-18(15)24-20/h1-2,4,6,8-9,12,14,17,21H,3,5,7,10-11H2,(H,22,23). The van der Waals surface area contributed by atoms with Crippen molar-refractivity contribution in [2.24, 2.45) is 0 Å². The molecule has 3 nitrogen and oxygen atoms in total. The number of para-hydroxylation sites is 1. The molecular formula is C20H21N3S. The van der Waals surface area contributed by atoms with Crippen LogP contribution in [0.2, 0.25) is 0 Å². The summed E-state index contributed by atoms with van der Waals surface area (Å²) in [5.74, 6) is 1.62. The lowest BCUT2D eigenvalue weighted by Gasteiger charge is -2.32. The first-order valence-electron chi connectivity index (χ1n) is 8.86. The van der Waals surface area contributed by atoms with Gasteiger partial charge in [0.1, 0.15) is 5.82 Å². The molecule has 3 aromatic rings. The highest BCUT2D eigenvalue weighted by molar-refractivity contribution is 7.16. The fraction of sp³-hybridized carbons (Fsp3) is 0.350. The van der Waals surface area contributed by atoms with Crippen molar-refractivity contribution in [2.45, 2.75) is 37.6 Å². The van der Waals surface area contributed by atoms with E-state index >= 15 is 0 Å². The third-order valence-electron chi connectivity index (χ3n) is 5.33. The molecule has 2 aliphatic rings. The molecule has 24 heavy (non-hydrogen) atoms. The van der Waals surface area contributed by atoms with Gasteiger partial charge >= 0.3 is 0 Å². The SMILES string of the molecule is c1ccc2nc(NC3CCNc4cc5c(s4)CCCC53)ccc2c1. The molecule has 4 heteroatoms. The first kappa shape index (κ1) is 14.3. The second kappa shape index (κ2) is 5.78. The first-order chi connectivity index (χ1) is 11.9. The second-order valence-electron chi connectivity index (χ2n) is 6.84. The molecule has 3 heterocycles. The Morgan fingerprint density at radius 2 is 2.08 bits per heavy atom. The van der Waals surface area contributed by atoms with Gasteiger partial charge in [0.05, 0.1) is 10.5 Å². The minimum Gasteiger partial charge on any atom is -0.377 e. The van der Waals surface area contributed by atoms with E-state index in [1.807, 2.05) is 11.3 Å². The predicted molar refractivity (Wildman–Crippen MR) is 102 cm³/mol. The number of benzene rings is 1. The van der Waals surface area contributed by atoms with Crippen LogP contribution in [-0.4, -0.2) is 17.6 Å². The number of nitrogens with one attached hydrogen (secondary N) is 2. The zero-order valence-electron chi connectivity index (χ0n) is 13.6. The summed E-state index contributed by atoms with van der Waals surface area (Å²) in [7, 11) is 0. The van der Waals surface area contributed by atoms with Gasteiger partial charge in [0.25, 0.3) is 0 Å². The molecule has 0 spiro atoms. The van der Waals surface area contributed by atoms with Crippen LogP contribution >= 0.6 is 11.3 Å². The Balaban J connectivity index is 1.48. The van der Waals surface area contributed by atoms with Crippen LogP contribution in [0.5, 0.6) is 0 Å². The molecule has 2 N–H and O–H groups in total. The van der Waals surface area contributed by atoms with Gasteiger partial charge < -0.3 is 10.6 Å². The number of nitrogens with zero attached hydrogens (tertiary/aromatic N) is 1. The second-order valence-corrected chi connectivity index (χ2v) is 7.98. The van der Waals surface area contributed by atoms with E-state index in [1.165, 1.54) is 29.6 Å². The Morgan fingerprint density at radius 1 is 1.12 bits per heavy atom. The van der Waals surface area contributed by atoms with E-state index in [9.17, 15) is 0 Å². The van der Waals surface area contributed by atoms with Gasteiger partial charge in [0.15, 0.2) is 0 Å². The molecule has 2 unspecified atom stereocenters. The van der Waals surface area contributed by atoms with E-state index in [0.717, 1.165) is 24.3 Å². The fourth-order valence-corrected chi connectivity index (χ4v) is 5.36. The zero-order valence-corrected chi connectivity index (χ0v) is 14.4. The molecule has 1 aliphatic carbocycles. The maximum atomic E-state index is 4.82. The molecule has 0 saturated carbocycles. The Bertz CT molecular complexity index is 885. The van der Waals surface area contributed by atoms with Gasteiger partial charge in [-0.15, -0.1) is 11.3 Å². The highest BCUT2D eigenvalue weighted by Gasteiger charge is 2.31. The molecule has 2 bridgehead atoms. The van der Waals surface area contributed by atoms with Crippen molar-refractivity contribution in [3.05, 3.63) is 52.9 Å². The number of rotatable bonds is 2. The predicted octanol–water partition coefficient (Wildman–Crippen LogP) is 5.01. The van der Waals surface area contributed by atoms with Crippen molar-refractivity contribution in [3.8, 4) is 0 Å². The summed E-state index contributed by atoms with van der Waals surface area (Å²) in [6.07, 6.45) is 4.97. The van der Waals surface area contributed by atoms with Crippen LogP contribution in [0.1, 0.15) is 35.6 Å². The minimum absolute atomic E-state index is 0.452. The highest BCUT2D eigenvalue weighted by atomic mass is 32.1.